The fraction of sp³-hybridized carbons (Fsp3) is 0.583. The van der Waals surface area contributed by atoms with Gasteiger partial charge in [0.15, 0.2) is 0 Å². The van der Waals surface area contributed by atoms with E-state index in [-0.39, 0.29) is 0 Å². The Morgan fingerprint density at radius 1 is 0.800 bits per heavy atom. The van der Waals surface area contributed by atoms with Crippen LogP contribution in [0.1, 0.15) is 90.0 Å². The van der Waals surface area contributed by atoms with Gasteiger partial charge < -0.3 is 4.74 Å². The van der Waals surface area contributed by atoms with Gasteiger partial charge in [-0.3, -0.25) is 0 Å². The molecule has 25 heavy (non-hydrogen) atoms. The summed E-state index contributed by atoms with van der Waals surface area (Å²) in [5.41, 5.74) is 1.20. The van der Waals surface area contributed by atoms with Crippen molar-refractivity contribution in [1.29, 1.82) is 0 Å². The number of benzene rings is 1. The van der Waals surface area contributed by atoms with Gasteiger partial charge in [0.2, 0.25) is 0 Å². The molecule has 0 aliphatic rings. The van der Waals surface area contributed by atoms with Gasteiger partial charge in [0.1, 0.15) is 5.75 Å². The molecular formula is C24H38O. The lowest BCUT2D eigenvalue weighted by Gasteiger charge is -2.05. The van der Waals surface area contributed by atoms with Crippen LogP contribution in [0.3, 0.4) is 0 Å². The maximum absolute atomic E-state index is 5.75. The van der Waals surface area contributed by atoms with Crippen LogP contribution in [0.4, 0.5) is 0 Å². The molecule has 0 radical (unpaired) electrons. The van der Waals surface area contributed by atoms with E-state index in [2.05, 4.69) is 56.4 Å². The van der Waals surface area contributed by atoms with Crippen LogP contribution in [0.5, 0.6) is 5.75 Å². The van der Waals surface area contributed by atoms with Gasteiger partial charge in [0, 0.05) is 0 Å². The molecule has 0 atom stereocenters. The zero-order valence-corrected chi connectivity index (χ0v) is 16.5. The van der Waals surface area contributed by atoms with E-state index in [4.69, 9.17) is 4.74 Å². The Kier molecular flexibility index (Phi) is 13.8. The first-order valence-corrected chi connectivity index (χ1v) is 10.4. The minimum Gasteiger partial charge on any atom is -0.494 e. The molecule has 0 fully saturated rings. The molecule has 1 aromatic carbocycles. The Hall–Kier alpha value is -1.50. The Morgan fingerprint density at radius 2 is 1.52 bits per heavy atom. The van der Waals surface area contributed by atoms with E-state index in [0.717, 1.165) is 18.8 Å². The van der Waals surface area contributed by atoms with Crippen molar-refractivity contribution in [1.82, 2.24) is 0 Å². The maximum atomic E-state index is 5.75. The molecule has 0 saturated carbocycles. The van der Waals surface area contributed by atoms with Crippen LogP contribution >= 0.6 is 0 Å². The first-order valence-electron chi connectivity index (χ1n) is 10.4. The topological polar surface area (TPSA) is 9.23 Å². The molecule has 140 valence electrons. The summed E-state index contributed by atoms with van der Waals surface area (Å²) >= 11 is 0. The summed E-state index contributed by atoms with van der Waals surface area (Å²) in [6.45, 7) is 5.27. The Morgan fingerprint density at radius 3 is 2.28 bits per heavy atom. The SMILES string of the molecule is CCCCCCCCCCC=CC=Cc1cccc(OCCCC)c1. The molecule has 0 aliphatic heterocycles. The molecule has 0 aliphatic carbocycles. The van der Waals surface area contributed by atoms with Crippen LogP contribution in [0.15, 0.2) is 42.5 Å². The zero-order chi connectivity index (χ0) is 18.0. The summed E-state index contributed by atoms with van der Waals surface area (Å²) in [6.07, 6.45) is 23.3. The summed E-state index contributed by atoms with van der Waals surface area (Å²) in [6, 6.07) is 8.32. The van der Waals surface area contributed by atoms with E-state index in [1.165, 1.54) is 69.8 Å². The molecule has 0 aromatic heterocycles. The second kappa shape index (κ2) is 16.0. The van der Waals surface area contributed by atoms with Gasteiger partial charge in [-0.15, -0.1) is 0 Å². The first-order chi connectivity index (χ1) is 12.4. The van der Waals surface area contributed by atoms with Crippen molar-refractivity contribution in [2.24, 2.45) is 0 Å². The number of ether oxygens (including phenoxy) is 1. The number of hydrogen-bond donors (Lipinski definition) is 0. The molecule has 0 spiro atoms. The van der Waals surface area contributed by atoms with Crippen LogP contribution in [0.2, 0.25) is 0 Å². The first kappa shape index (κ1) is 21.5. The van der Waals surface area contributed by atoms with Gasteiger partial charge >= 0.3 is 0 Å². The van der Waals surface area contributed by atoms with Gasteiger partial charge in [0.05, 0.1) is 6.61 Å². The lowest BCUT2D eigenvalue weighted by atomic mass is 10.1. The van der Waals surface area contributed by atoms with E-state index < -0.39 is 0 Å². The minimum atomic E-state index is 0.808. The van der Waals surface area contributed by atoms with Crippen molar-refractivity contribution in [2.75, 3.05) is 6.61 Å². The summed E-state index contributed by atoms with van der Waals surface area (Å²) in [4.78, 5) is 0. The zero-order valence-electron chi connectivity index (χ0n) is 16.5. The van der Waals surface area contributed by atoms with Crippen LogP contribution in [-0.2, 0) is 0 Å². The van der Waals surface area contributed by atoms with Crippen LogP contribution < -0.4 is 4.74 Å². The van der Waals surface area contributed by atoms with Crippen LogP contribution in [0, 0.1) is 0 Å². The van der Waals surface area contributed by atoms with E-state index in [1.807, 2.05) is 6.07 Å². The highest BCUT2D eigenvalue weighted by atomic mass is 16.5. The Bertz CT molecular complexity index is 473. The molecule has 1 aromatic rings. The molecule has 0 unspecified atom stereocenters. The van der Waals surface area contributed by atoms with Gasteiger partial charge in [-0.1, -0.05) is 102 Å². The smallest absolute Gasteiger partial charge is 0.119 e. The molecule has 1 heteroatoms. The third kappa shape index (κ3) is 12.5. The van der Waals surface area contributed by atoms with E-state index in [1.54, 1.807) is 0 Å². The van der Waals surface area contributed by atoms with Crippen molar-refractivity contribution in [3.63, 3.8) is 0 Å². The van der Waals surface area contributed by atoms with E-state index in [9.17, 15) is 0 Å². The van der Waals surface area contributed by atoms with Crippen LogP contribution in [-0.4, -0.2) is 6.61 Å². The fourth-order valence-corrected chi connectivity index (χ4v) is 2.78. The normalized spacial score (nSPS) is 11.6. The van der Waals surface area contributed by atoms with Crippen molar-refractivity contribution in [2.45, 2.75) is 84.5 Å². The number of unbranched alkanes of at least 4 members (excludes halogenated alkanes) is 9. The summed E-state index contributed by atoms with van der Waals surface area (Å²) in [5, 5.41) is 0. The van der Waals surface area contributed by atoms with Crippen molar-refractivity contribution in [3.8, 4) is 5.75 Å². The molecular weight excluding hydrogens is 304 g/mol. The average molecular weight is 343 g/mol. The second-order valence-electron chi connectivity index (χ2n) is 6.83. The Labute approximate surface area is 156 Å². The lowest BCUT2D eigenvalue weighted by molar-refractivity contribution is 0.309. The van der Waals surface area contributed by atoms with Crippen molar-refractivity contribution >= 4 is 6.08 Å². The Balaban J connectivity index is 2.11. The summed E-state index contributed by atoms with van der Waals surface area (Å²) < 4.78 is 5.75. The molecule has 1 nitrogen and oxygen atoms in total. The van der Waals surface area contributed by atoms with Crippen molar-refractivity contribution < 1.29 is 4.74 Å². The highest BCUT2D eigenvalue weighted by Crippen LogP contribution is 2.15. The van der Waals surface area contributed by atoms with Gasteiger partial charge in [0.25, 0.3) is 0 Å². The second-order valence-corrected chi connectivity index (χ2v) is 6.83. The minimum absolute atomic E-state index is 0.808. The van der Waals surface area contributed by atoms with Gasteiger partial charge in [-0.05, 0) is 37.0 Å². The van der Waals surface area contributed by atoms with E-state index in [0.29, 0.717) is 0 Å². The maximum Gasteiger partial charge on any atom is 0.119 e. The van der Waals surface area contributed by atoms with Crippen LogP contribution in [0.25, 0.3) is 6.08 Å². The highest BCUT2D eigenvalue weighted by molar-refractivity contribution is 5.53. The average Bonchev–Trinajstić information content (AvgIpc) is 2.63. The number of hydrogen-bond acceptors (Lipinski definition) is 1. The number of allylic oxidation sites excluding steroid dienone is 3. The molecule has 0 bridgehead atoms. The predicted octanol–water partition coefficient (Wildman–Crippen LogP) is 7.97. The standard InChI is InChI=1S/C24H38O/c1-3-5-7-8-9-10-11-12-13-14-15-16-18-23-19-17-20-24(22-23)25-21-6-4-2/h14-20,22H,3-13,21H2,1-2H3. The fourth-order valence-electron chi connectivity index (χ4n) is 2.78. The van der Waals surface area contributed by atoms with Crippen molar-refractivity contribution in [3.05, 3.63) is 48.1 Å². The molecule has 0 heterocycles. The molecule has 0 N–H and O–H groups in total. The predicted molar refractivity (Wildman–Crippen MR) is 112 cm³/mol. The third-order valence-electron chi connectivity index (χ3n) is 4.38. The summed E-state index contributed by atoms with van der Waals surface area (Å²) in [5.74, 6) is 0.971. The van der Waals surface area contributed by atoms with Gasteiger partial charge in [-0.2, -0.15) is 0 Å². The monoisotopic (exact) mass is 342 g/mol. The quantitative estimate of drug-likeness (QED) is 0.232. The van der Waals surface area contributed by atoms with Gasteiger partial charge in [-0.25, -0.2) is 0 Å². The molecule has 1 rings (SSSR count). The third-order valence-corrected chi connectivity index (χ3v) is 4.38. The highest BCUT2D eigenvalue weighted by Gasteiger charge is 1.94. The lowest BCUT2D eigenvalue weighted by Crippen LogP contribution is -1.96. The van der Waals surface area contributed by atoms with E-state index >= 15 is 0 Å². The number of rotatable bonds is 15. The molecule has 0 amide bonds. The largest absolute Gasteiger partial charge is 0.494 e. The molecule has 0 saturated heterocycles. The summed E-state index contributed by atoms with van der Waals surface area (Å²) in [7, 11) is 0.